The molecule has 4 aromatic rings. The highest BCUT2D eigenvalue weighted by atomic mass is 15.2. The molecule has 1 atom stereocenters. The molecule has 146 valence electrons. The summed E-state index contributed by atoms with van der Waals surface area (Å²) in [6.45, 7) is 3.56. The standard InChI is InChI=1S/C23H24N6/c1-27-13-19(12-26-27)14-28-16-20-6-2-3-7-21(20)22(17-28)23-25-9-10-29(23)15-18-5-4-8-24-11-18/h2-13,22H,14-17H2,1H3/t22-/m1/s1. The summed E-state index contributed by atoms with van der Waals surface area (Å²) in [5.74, 6) is 1.35. The number of rotatable bonds is 5. The summed E-state index contributed by atoms with van der Waals surface area (Å²) in [4.78, 5) is 11.5. The van der Waals surface area contributed by atoms with E-state index in [4.69, 9.17) is 4.98 Å². The normalized spacial score (nSPS) is 16.7. The summed E-state index contributed by atoms with van der Waals surface area (Å²) in [6, 6.07) is 12.9. The molecule has 0 fully saturated rings. The maximum atomic E-state index is 4.78. The zero-order chi connectivity index (χ0) is 19.6. The van der Waals surface area contributed by atoms with Crippen molar-refractivity contribution in [1.82, 2.24) is 29.2 Å². The van der Waals surface area contributed by atoms with Gasteiger partial charge < -0.3 is 4.57 Å². The molecule has 0 unspecified atom stereocenters. The lowest BCUT2D eigenvalue weighted by molar-refractivity contribution is 0.228. The first-order chi connectivity index (χ1) is 14.3. The van der Waals surface area contributed by atoms with Gasteiger partial charge in [0.1, 0.15) is 5.82 Å². The smallest absolute Gasteiger partial charge is 0.117 e. The molecule has 0 radical (unpaired) electrons. The van der Waals surface area contributed by atoms with Crippen LogP contribution in [0, 0.1) is 0 Å². The third-order valence-corrected chi connectivity index (χ3v) is 5.56. The summed E-state index contributed by atoms with van der Waals surface area (Å²) in [5.41, 5.74) is 5.18. The monoisotopic (exact) mass is 384 g/mol. The number of hydrogen-bond donors (Lipinski definition) is 0. The molecule has 0 spiro atoms. The molecule has 0 bridgehead atoms. The molecular weight excluding hydrogens is 360 g/mol. The molecule has 0 aliphatic carbocycles. The van der Waals surface area contributed by atoms with Crippen molar-refractivity contribution in [1.29, 1.82) is 0 Å². The Hall–Kier alpha value is -3.25. The number of benzene rings is 1. The van der Waals surface area contributed by atoms with Gasteiger partial charge in [0.15, 0.2) is 0 Å². The Morgan fingerprint density at radius 3 is 2.76 bits per heavy atom. The predicted molar refractivity (Wildman–Crippen MR) is 111 cm³/mol. The molecule has 0 saturated carbocycles. The average Bonchev–Trinajstić information content (AvgIpc) is 3.37. The highest BCUT2D eigenvalue weighted by Crippen LogP contribution is 2.33. The largest absolute Gasteiger partial charge is 0.330 e. The van der Waals surface area contributed by atoms with E-state index in [-0.39, 0.29) is 5.92 Å². The van der Waals surface area contributed by atoms with Crippen LogP contribution in [0.4, 0.5) is 0 Å². The minimum atomic E-state index is 0.239. The maximum Gasteiger partial charge on any atom is 0.117 e. The van der Waals surface area contributed by atoms with Crippen LogP contribution in [0.1, 0.15) is 34.0 Å². The maximum absolute atomic E-state index is 4.78. The number of nitrogens with zero attached hydrogens (tertiary/aromatic N) is 6. The van der Waals surface area contributed by atoms with Gasteiger partial charge in [0.05, 0.1) is 18.7 Å². The molecule has 1 aliphatic rings. The van der Waals surface area contributed by atoms with Crippen LogP contribution < -0.4 is 0 Å². The van der Waals surface area contributed by atoms with Crippen molar-refractivity contribution < 1.29 is 0 Å². The van der Waals surface area contributed by atoms with Crippen molar-refractivity contribution in [2.24, 2.45) is 7.05 Å². The second kappa shape index (κ2) is 7.64. The summed E-state index contributed by atoms with van der Waals surface area (Å²) >= 11 is 0. The van der Waals surface area contributed by atoms with Gasteiger partial charge in [-0.05, 0) is 22.8 Å². The van der Waals surface area contributed by atoms with Gasteiger partial charge in [-0.15, -0.1) is 0 Å². The van der Waals surface area contributed by atoms with E-state index in [0.717, 1.165) is 32.0 Å². The number of aromatic nitrogens is 5. The molecule has 1 aromatic carbocycles. The van der Waals surface area contributed by atoms with Crippen LogP contribution in [0.25, 0.3) is 0 Å². The van der Waals surface area contributed by atoms with Crippen molar-refractivity contribution in [3.05, 3.63) is 102 Å². The lowest BCUT2D eigenvalue weighted by Crippen LogP contribution is -2.34. The van der Waals surface area contributed by atoms with E-state index in [1.807, 2.05) is 42.6 Å². The number of hydrogen-bond acceptors (Lipinski definition) is 4. The summed E-state index contributed by atoms with van der Waals surface area (Å²) in [5, 5.41) is 4.32. The SMILES string of the molecule is Cn1cc(CN2Cc3ccccc3[C@H](c3nccn3Cc3cccnc3)C2)cn1. The van der Waals surface area contributed by atoms with Gasteiger partial charge in [-0.2, -0.15) is 5.10 Å². The lowest BCUT2D eigenvalue weighted by Gasteiger charge is -2.34. The van der Waals surface area contributed by atoms with Gasteiger partial charge in [-0.1, -0.05) is 30.3 Å². The van der Waals surface area contributed by atoms with Gasteiger partial charge in [-0.3, -0.25) is 14.6 Å². The molecule has 6 heteroatoms. The van der Waals surface area contributed by atoms with Crippen LogP contribution in [0.5, 0.6) is 0 Å². The van der Waals surface area contributed by atoms with E-state index >= 15 is 0 Å². The van der Waals surface area contributed by atoms with Crippen LogP contribution in [0.15, 0.2) is 73.6 Å². The van der Waals surface area contributed by atoms with E-state index in [1.54, 1.807) is 0 Å². The number of pyridine rings is 1. The molecule has 0 saturated heterocycles. The van der Waals surface area contributed by atoms with E-state index in [1.165, 1.54) is 22.3 Å². The van der Waals surface area contributed by atoms with Gasteiger partial charge in [0.25, 0.3) is 0 Å². The van der Waals surface area contributed by atoms with E-state index < -0.39 is 0 Å². The quantitative estimate of drug-likeness (QED) is 0.530. The first kappa shape index (κ1) is 17.8. The van der Waals surface area contributed by atoms with Crippen LogP contribution in [-0.2, 0) is 26.7 Å². The van der Waals surface area contributed by atoms with Gasteiger partial charge in [-0.25, -0.2) is 4.98 Å². The Bertz CT molecular complexity index is 1100. The van der Waals surface area contributed by atoms with Gasteiger partial charge >= 0.3 is 0 Å². The lowest BCUT2D eigenvalue weighted by atomic mass is 9.88. The van der Waals surface area contributed by atoms with Gasteiger partial charge in [0.2, 0.25) is 0 Å². The number of aryl methyl sites for hydroxylation is 1. The van der Waals surface area contributed by atoms with Gasteiger partial charge in [0, 0.05) is 63.2 Å². The zero-order valence-corrected chi connectivity index (χ0v) is 16.5. The third kappa shape index (κ3) is 3.71. The van der Waals surface area contributed by atoms with Crippen molar-refractivity contribution in [3.63, 3.8) is 0 Å². The predicted octanol–water partition coefficient (Wildman–Crippen LogP) is 3.21. The summed E-state index contributed by atoms with van der Waals surface area (Å²) in [6.07, 6.45) is 11.8. The molecule has 0 amide bonds. The topological polar surface area (TPSA) is 51.8 Å². The molecular formula is C23H24N6. The molecule has 1 aliphatic heterocycles. The van der Waals surface area contributed by atoms with Crippen LogP contribution >= 0.6 is 0 Å². The average molecular weight is 384 g/mol. The number of imidazole rings is 1. The van der Waals surface area contributed by atoms with Crippen LogP contribution in [0.2, 0.25) is 0 Å². The Morgan fingerprint density at radius 1 is 1.00 bits per heavy atom. The fourth-order valence-electron chi connectivity index (χ4n) is 4.29. The Morgan fingerprint density at radius 2 is 1.93 bits per heavy atom. The summed E-state index contributed by atoms with van der Waals surface area (Å²) < 4.78 is 4.12. The van der Waals surface area contributed by atoms with E-state index in [2.05, 4.69) is 62.3 Å². The zero-order valence-electron chi connectivity index (χ0n) is 16.5. The Balaban J connectivity index is 1.46. The highest BCUT2D eigenvalue weighted by molar-refractivity contribution is 5.37. The van der Waals surface area contributed by atoms with Crippen molar-refractivity contribution >= 4 is 0 Å². The van der Waals surface area contributed by atoms with E-state index in [9.17, 15) is 0 Å². The first-order valence-electron chi connectivity index (χ1n) is 9.94. The molecule has 0 N–H and O–H groups in total. The van der Waals surface area contributed by atoms with Crippen LogP contribution in [0.3, 0.4) is 0 Å². The summed E-state index contributed by atoms with van der Waals surface area (Å²) in [7, 11) is 1.97. The fourth-order valence-corrected chi connectivity index (χ4v) is 4.29. The second-order valence-corrected chi connectivity index (χ2v) is 7.72. The van der Waals surface area contributed by atoms with Crippen LogP contribution in [-0.4, -0.2) is 35.8 Å². The Kier molecular flexibility index (Phi) is 4.69. The first-order valence-corrected chi connectivity index (χ1v) is 9.94. The van der Waals surface area contributed by atoms with Crippen molar-refractivity contribution in [2.45, 2.75) is 25.6 Å². The molecule has 29 heavy (non-hydrogen) atoms. The molecule has 5 rings (SSSR count). The minimum absolute atomic E-state index is 0.239. The molecule has 6 nitrogen and oxygen atoms in total. The Labute approximate surface area is 170 Å². The molecule has 4 heterocycles. The highest BCUT2D eigenvalue weighted by Gasteiger charge is 2.29. The third-order valence-electron chi connectivity index (χ3n) is 5.56. The van der Waals surface area contributed by atoms with Crippen molar-refractivity contribution in [2.75, 3.05) is 6.54 Å². The minimum Gasteiger partial charge on any atom is -0.330 e. The second-order valence-electron chi connectivity index (χ2n) is 7.72. The fraction of sp³-hybridized carbons (Fsp3) is 0.261. The van der Waals surface area contributed by atoms with E-state index in [0.29, 0.717) is 0 Å². The van der Waals surface area contributed by atoms with Crippen molar-refractivity contribution in [3.8, 4) is 0 Å². The number of fused-ring (bicyclic) bond motifs is 1. The molecule has 3 aromatic heterocycles.